The van der Waals surface area contributed by atoms with Crippen molar-refractivity contribution in [3.05, 3.63) is 48.0 Å². The summed E-state index contributed by atoms with van der Waals surface area (Å²) in [6, 6.07) is 11.3. The highest BCUT2D eigenvalue weighted by atomic mass is 19.4. The van der Waals surface area contributed by atoms with Crippen molar-refractivity contribution < 1.29 is 17.9 Å². The van der Waals surface area contributed by atoms with E-state index < -0.39 is 17.6 Å². The fraction of sp³-hybridized carbons (Fsp3) is 0.154. The first-order chi connectivity index (χ1) is 8.52. The maximum Gasteiger partial charge on any atom is 0.421 e. The topological polar surface area (TPSA) is 22.1 Å². The van der Waals surface area contributed by atoms with Crippen molar-refractivity contribution in [1.82, 2.24) is 4.98 Å². The molecule has 0 amide bonds. The maximum atomic E-state index is 12.6. The zero-order valence-corrected chi connectivity index (χ0v) is 9.53. The molecule has 0 fully saturated rings. The number of benzene rings is 1. The second-order valence-electron chi connectivity index (χ2n) is 3.62. The third kappa shape index (κ3) is 2.45. The SMILES string of the molecule is COc1nc(-c2ccccc2)ccc1C(F)(F)F. The molecule has 1 heterocycles. The van der Waals surface area contributed by atoms with Crippen molar-refractivity contribution in [3.8, 4) is 17.1 Å². The van der Waals surface area contributed by atoms with Gasteiger partial charge >= 0.3 is 6.18 Å². The Bertz CT molecular complexity index is 538. The third-order valence-corrected chi connectivity index (χ3v) is 2.43. The van der Waals surface area contributed by atoms with Gasteiger partial charge in [-0.05, 0) is 12.1 Å². The number of alkyl halides is 3. The number of halogens is 3. The molecule has 0 spiro atoms. The van der Waals surface area contributed by atoms with Crippen LogP contribution in [0.4, 0.5) is 13.2 Å². The molecular weight excluding hydrogens is 243 g/mol. The maximum absolute atomic E-state index is 12.6. The molecule has 1 aromatic carbocycles. The second-order valence-corrected chi connectivity index (χ2v) is 3.62. The number of ether oxygens (including phenoxy) is 1. The first-order valence-electron chi connectivity index (χ1n) is 5.20. The van der Waals surface area contributed by atoms with E-state index in [9.17, 15) is 13.2 Å². The lowest BCUT2D eigenvalue weighted by Gasteiger charge is -2.12. The molecule has 0 saturated heterocycles. The van der Waals surface area contributed by atoms with Gasteiger partial charge in [0.25, 0.3) is 0 Å². The molecule has 5 heteroatoms. The lowest BCUT2D eigenvalue weighted by Crippen LogP contribution is -2.08. The van der Waals surface area contributed by atoms with Crippen LogP contribution in [0.3, 0.4) is 0 Å². The Morgan fingerprint density at radius 2 is 1.67 bits per heavy atom. The summed E-state index contributed by atoms with van der Waals surface area (Å²) in [6.07, 6.45) is -4.46. The molecule has 0 radical (unpaired) electrons. The molecule has 0 aliphatic rings. The predicted octanol–water partition coefficient (Wildman–Crippen LogP) is 3.78. The Kier molecular flexibility index (Phi) is 3.23. The second kappa shape index (κ2) is 4.68. The van der Waals surface area contributed by atoms with E-state index in [4.69, 9.17) is 4.74 Å². The number of hydrogen-bond donors (Lipinski definition) is 0. The van der Waals surface area contributed by atoms with Gasteiger partial charge in [0.05, 0.1) is 12.8 Å². The largest absolute Gasteiger partial charge is 0.481 e. The summed E-state index contributed by atoms with van der Waals surface area (Å²) < 4.78 is 42.7. The molecule has 18 heavy (non-hydrogen) atoms. The van der Waals surface area contributed by atoms with Crippen molar-refractivity contribution in [2.24, 2.45) is 0 Å². The zero-order chi connectivity index (χ0) is 13.2. The van der Waals surface area contributed by atoms with Crippen molar-refractivity contribution in [2.45, 2.75) is 6.18 Å². The van der Waals surface area contributed by atoms with Crippen LogP contribution in [0.1, 0.15) is 5.56 Å². The molecule has 0 saturated carbocycles. The summed E-state index contributed by atoms with van der Waals surface area (Å²) in [5.41, 5.74) is 0.314. The molecule has 0 bridgehead atoms. The average molecular weight is 253 g/mol. The van der Waals surface area contributed by atoms with E-state index in [1.807, 2.05) is 6.07 Å². The number of pyridine rings is 1. The van der Waals surface area contributed by atoms with Crippen LogP contribution in [0, 0.1) is 0 Å². The fourth-order valence-corrected chi connectivity index (χ4v) is 1.58. The first kappa shape index (κ1) is 12.4. The predicted molar refractivity (Wildman–Crippen MR) is 61.2 cm³/mol. The van der Waals surface area contributed by atoms with E-state index in [0.717, 1.165) is 11.6 Å². The quantitative estimate of drug-likeness (QED) is 0.812. The standard InChI is InChI=1S/C13H10F3NO/c1-18-12-10(13(14,15)16)7-8-11(17-12)9-5-3-2-4-6-9/h2-8H,1H3. The fourth-order valence-electron chi connectivity index (χ4n) is 1.58. The van der Waals surface area contributed by atoms with Gasteiger partial charge in [0, 0.05) is 5.56 Å². The monoisotopic (exact) mass is 253 g/mol. The molecule has 2 aromatic rings. The highest BCUT2D eigenvalue weighted by molar-refractivity contribution is 5.60. The Morgan fingerprint density at radius 1 is 1.00 bits per heavy atom. The molecule has 0 aliphatic heterocycles. The molecule has 2 nitrogen and oxygen atoms in total. The minimum Gasteiger partial charge on any atom is -0.481 e. The third-order valence-electron chi connectivity index (χ3n) is 2.43. The number of hydrogen-bond acceptors (Lipinski definition) is 2. The summed E-state index contributed by atoms with van der Waals surface area (Å²) in [6.45, 7) is 0. The molecule has 94 valence electrons. The molecular formula is C13H10F3NO. The van der Waals surface area contributed by atoms with Crippen LogP contribution in [-0.2, 0) is 6.18 Å². The van der Waals surface area contributed by atoms with Gasteiger partial charge in [0.1, 0.15) is 5.56 Å². The molecule has 0 atom stereocenters. The van der Waals surface area contributed by atoms with Gasteiger partial charge in [-0.2, -0.15) is 13.2 Å². The Morgan fingerprint density at radius 3 is 2.22 bits per heavy atom. The molecule has 0 aliphatic carbocycles. The summed E-state index contributed by atoms with van der Waals surface area (Å²) in [5.74, 6) is -0.413. The Hall–Kier alpha value is -2.04. The van der Waals surface area contributed by atoms with Crippen LogP contribution >= 0.6 is 0 Å². The summed E-state index contributed by atoms with van der Waals surface area (Å²) in [7, 11) is 1.17. The minimum absolute atomic E-state index is 0.413. The number of rotatable bonds is 2. The van der Waals surface area contributed by atoms with Gasteiger partial charge in [-0.3, -0.25) is 0 Å². The normalized spacial score (nSPS) is 11.3. The van der Waals surface area contributed by atoms with Gasteiger partial charge in [-0.25, -0.2) is 4.98 Å². The first-order valence-corrected chi connectivity index (χ1v) is 5.20. The van der Waals surface area contributed by atoms with Gasteiger partial charge in [-0.1, -0.05) is 30.3 Å². The molecule has 0 unspecified atom stereocenters. The van der Waals surface area contributed by atoms with E-state index in [-0.39, 0.29) is 0 Å². The lowest BCUT2D eigenvalue weighted by molar-refractivity contribution is -0.139. The van der Waals surface area contributed by atoms with Crippen LogP contribution < -0.4 is 4.74 Å². The van der Waals surface area contributed by atoms with Gasteiger partial charge in [0.2, 0.25) is 5.88 Å². The molecule has 0 N–H and O–H groups in total. The van der Waals surface area contributed by atoms with Crippen LogP contribution in [0.2, 0.25) is 0 Å². The van der Waals surface area contributed by atoms with Gasteiger partial charge in [0.15, 0.2) is 0 Å². The Balaban J connectivity index is 2.49. The van der Waals surface area contributed by atoms with Gasteiger partial charge in [-0.15, -0.1) is 0 Å². The van der Waals surface area contributed by atoms with Crippen LogP contribution in [0.5, 0.6) is 5.88 Å². The average Bonchev–Trinajstić information content (AvgIpc) is 2.38. The summed E-state index contributed by atoms with van der Waals surface area (Å²) >= 11 is 0. The van der Waals surface area contributed by atoms with Crippen molar-refractivity contribution in [1.29, 1.82) is 0 Å². The minimum atomic E-state index is -4.46. The van der Waals surface area contributed by atoms with E-state index in [1.54, 1.807) is 24.3 Å². The summed E-state index contributed by atoms with van der Waals surface area (Å²) in [4.78, 5) is 3.89. The molecule has 2 rings (SSSR count). The van der Waals surface area contributed by atoms with E-state index in [1.165, 1.54) is 13.2 Å². The smallest absolute Gasteiger partial charge is 0.421 e. The highest BCUT2D eigenvalue weighted by Gasteiger charge is 2.35. The van der Waals surface area contributed by atoms with E-state index >= 15 is 0 Å². The number of aromatic nitrogens is 1. The lowest BCUT2D eigenvalue weighted by atomic mass is 10.1. The molecule has 1 aromatic heterocycles. The number of nitrogens with zero attached hydrogens (tertiary/aromatic N) is 1. The van der Waals surface area contributed by atoms with Crippen molar-refractivity contribution in [2.75, 3.05) is 7.11 Å². The van der Waals surface area contributed by atoms with Crippen molar-refractivity contribution >= 4 is 0 Å². The van der Waals surface area contributed by atoms with Crippen LogP contribution in [0.15, 0.2) is 42.5 Å². The zero-order valence-electron chi connectivity index (χ0n) is 9.53. The van der Waals surface area contributed by atoms with Crippen LogP contribution in [-0.4, -0.2) is 12.1 Å². The highest BCUT2D eigenvalue weighted by Crippen LogP contribution is 2.36. The summed E-state index contributed by atoms with van der Waals surface area (Å²) in [5, 5.41) is 0. The van der Waals surface area contributed by atoms with Gasteiger partial charge < -0.3 is 4.74 Å². The van der Waals surface area contributed by atoms with Crippen LogP contribution in [0.25, 0.3) is 11.3 Å². The van der Waals surface area contributed by atoms with E-state index in [0.29, 0.717) is 5.69 Å². The Labute approximate surface area is 102 Å². The number of methoxy groups -OCH3 is 1. The van der Waals surface area contributed by atoms with E-state index in [2.05, 4.69) is 4.98 Å². The van der Waals surface area contributed by atoms with Crippen molar-refractivity contribution in [3.63, 3.8) is 0 Å².